The maximum absolute atomic E-state index is 14.3. The van der Waals surface area contributed by atoms with Crippen molar-refractivity contribution >= 4 is 54.2 Å². The summed E-state index contributed by atoms with van der Waals surface area (Å²) in [6, 6.07) is 16.7. The average Bonchev–Trinajstić information content (AvgIpc) is 3.77. The summed E-state index contributed by atoms with van der Waals surface area (Å²) < 4.78 is 84.2. The summed E-state index contributed by atoms with van der Waals surface area (Å²) in [5, 5.41) is 11.4. The monoisotopic (exact) mass is 710 g/mol. The third-order valence-electron chi connectivity index (χ3n) is 6.50. The first-order chi connectivity index (χ1) is 21.8. The van der Waals surface area contributed by atoms with E-state index in [0.29, 0.717) is 16.8 Å². The predicted octanol–water partition coefficient (Wildman–Crippen LogP) is 5.48. The second-order valence-electron chi connectivity index (χ2n) is 10.5. The van der Waals surface area contributed by atoms with Gasteiger partial charge >= 0.3 is 0 Å². The molecule has 0 spiro atoms. The zero-order chi connectivity index (χ0) is 35.3. The molecule has 1 fully saturated rings. The van der Waals surface area contributed by atoms with Gasteiger partial charge in [-0.25, -0.2) is 40.3 Å². The van der Waals surface area contributed by atoms with Crippen molar-refractivity contribution in [2.75, 3.05) is 11.1 Å². The van der Waals surface area contributed by atoms with Gasteiger partial charge in [-0.1, -0.05) is 18.2 Å². The van der Waals surface area contributed by atoms with Crippen LogP contribution in [0, 0.1) is 31.3 Å². The van der Waals surface area contributed by atoms with Gasteiger partial charge in [-0.05, 0) is 115 Å². The van der Waals surface area contributed by atoms with Crippen LogP contribution in [0.4, 0.5) is 24.5 Å². The van der Waals surface area contributed by atoms with Crippen molar-refractivity contribution in [3.05, 3.63) is 118 Å². The van der Waals surface area contributed by atoms with Crippen LogP contribution in [-0.4, -0.2) is 28.0 Å². The van der Waals surface area contributed by atoms with E-state index in [1.807, 2.05) is 6.07 Å². The van der Waals surface area contributed by atoms with Crippen LogP contribution < -0.4 is 21.3 Å². The molecule has 0 heterocycles. The zero-order valence-corrected chi connectivity index (χ0v) is 27.3. The zero-order valence-electron chi connectivity index (χ0n) is 24.9. The molecule has 0 saturated heterocycles. The van der Waals surface area contributed by atoms with E-state index in [1.165, 1.54) is 55.5 Å². The van der Waals surface area contributed by atoms with Gasteiger partial charge in [0.25, 0.3) is 11.1 Å². The third-order valence-corrected chi connectivity index (χ3v) is 8.51. The summed E-state index contributed by atoms with van der Waals surface area (Å²) in [6.45, 7) is 3.31. The van der Waals surface area contributed by atoms with Gasteiger partial charge in [0.05, 0.1) is 15.4 Å². The highest BCUT2D eigenvalue weighted by Gasteiger charge is 2.30. The molecule has 0 unspecified atom stereocenters. The highest BCUT2D eigenvalue weighted by molar-refractivity contribution is 7.89. The minimum atomic E-state index is -3.88. The number of nitrogen functional groups attached to an aromatic ring is 1. The van der Waals surface area contributed by atoms with E-state index < -0.39 is 54.2 Å². The van der Waals surface area contributed by atoms with Crippen molar-refractivity contribution in [2.45, 2.75) is 42.4 Å². The van der Waals surface area contributed by atoms with Crippen molar-refractivity contribution in [2.24, 2.45) is 10.3 Å². The molecule has 0 atom stereocenters. The minimum absolute atomic E-state index is 0.0177. The molecule has 1 aliphatic carbocycles. The fraction of sp³-hybridized carbons (Fsp3) is 0.161. The van der Waals surface area contributed by atoms with Gasteiger partial charge in [0.2, 0.25) is 20.0 Å². The van der Waals surface area contributed by atoms with E-state index in [9.17, 15) is 39.6 Å². The van der Waals surface area contributed by atoms with Crippen LogP contribution in [0.1, 0.15) is 56.2 Å². The molecule has 0 aliphatic heterocycles. The Morgan fingerprint density at radius 3 is 1.66 bits per heavy atom. The Bertz CT molecular complexity index is 2040. The summed E-state index contributed by atoms with van der Waals surface area (Å²) >= 11 is 4.95. The van der Waals surface area contributed by atoms with E-state index in [0.717, 1.165) is 30.5 Å². The molecule has 0 bridgehead atoms. The number of hydrogen-bond acceptors (Lipinski definition) is 7. The molecule has 1 amide bonds. The Morgan fingerprint density at radius 1 is 0.745 bits per heavy atom. The Labute approximate surface area is 274 Å². The quantitative estimate of drug-likeness (QED) is 0.150. The number of halogens is 4. The number of nitrogens with one attached hydrogen (secondary N) is 1. The van der Waals surface area contributed by atoms with E-state index in [1.54, 1.807) is 13.0 Å². The van der Waals surface area contributed by atoms with Gasteiger partial charge in [0, 0.05) is 11.4 Å². The number of benzene rings is 4. The highest BCUT2D eigenvalue weighted by Crippen LogP contribution is 2.42. The highest BCUT2D eigenvalue weighted by atomic mass is 35.5. The van der Waals surface area contributed by atoms with Crippen molar-refractivity contribution in [1.29, 1.82) is 0 Å². The third kappa shape index (κ3) is 10.6. The number of rotatable bonds is 6. The van der Waals surface area contributed by atoms with Crippen molar-refractivity contribution in [3.8, 4) is 0 Å². The van der Waals surface area contributed by atoms with Crippen molar-refractivity contribution in [3.63, 3.8) is 0 Å². The minimum Gasteiger partial charge on any atom is -0.399 e. The maximum atomic E-state index is 14.3. The molecule has 0 aromatic heterocycles. The summed E-state index contributed by atoms with van der Waals surface area (Å²) in [6.07, 6.45) is 1.87. The number of sulfonamides is 2. The first-order valence-electron chi connectivity index (χ1n) is 13.6. The molecule has 7 N–H and O–H groups in total. The molecule has 4 aromatic rings. The molecule has 1 aliphatic rings. The molecule has 1 saturated carbocycles. The first-order valence-corrected chi connectivity index (χ1v) is 17.0. The molecule has 10 nitrogen and oxygen atoms in total. The van der Waals surface area contributed by atoms with Gasteiger partial charge in [0.1, 0.15) is 23.0 Å². The lowest BCUT2D eigenvalue weighted by Crippen LogP contribution is -2.17. The van der Waals surface area contributed by atoms with Crippen LogP contribution in [0.25, 0.3) is 0 Å². The Kier molecular flexibility index (Phi) is 11.9. The van der Waals surface area contributed by atoms with Crippen LogP contribution in [0.15, 0.2) is 82.6 Å². The first kappa shape index (κ1) is 37.2. The number of amides is 1. The van der Waals surface area contributed by atoms with E-state index in [2.05, 4.69) is 5.32 Å². The largest absolute Gasteiger partial charge is 0.399 e. The normalized spacial score (nSPS) is 12.6. The molecule has 5 rings (SSSR count). The Morgan fingerprint density at radius 2 is 1.21 bits per heavy atom. The fourth-order valence-electron chi connectivity index (χ4n) is 4.25. The topological polar surface area (TPSA) is 193 Å². The number of nitrogens with two attached hydrogens (primary N) is 3. The maximum Gasteiger partial charge on any atom is 0.258 e. The molecule has 4 aromatic carbocycles. The van der Waals surface area contributed by atoms with E-state index in [4.69, 9.17) is 27.6 Å². The van der Waals surface area contributed by atoms with E-state index >= 15 is 0 Å². The van der Waals surface area contributed by atoms with Crippen LogP contribution in [-0.2, 0) is 20.0 Å². The van der Waals surface area contributed by atoms with Crippen molar-refractivity contribution in [1.82, 2.24) is 0 Å². The van der Waals surface area contributed by atoms with Gasteiger partial charge in [0.15, 0.2) is 0 Å². The summed E-state index contributed by atoms with van der Waals surface area (Å²) in [5.74, 6) is -2.81. The Hall–Kier alpha value is -4.28. The number of hydrogen-bond donors (Lipinski definition) is 4. The van der Waals surface area contributed by atoms with Crippen molar-refractivity contribution < 1.29 is 39.6 Å². The molecule has 47 heavy (non-hydrogen) atoms. The lowest BCUT2D eigenvalue weighted by atomic mass is 9.99. The lowest BCUT2D eigenvalue weighted by Gasteiger charge is -2.12. The number of carbonyl (C=O) groups is 2. The van der Waals surface area contributed by atoms with Gasteiger partial charge in [-0.15, -0.1) is 0 Å². The number of carbonyl (C=O) groups excluding carboxylic acids is 2. The predicted molar refractivity (Wildman–Crippen MR) is 172 cm³/mol. The average molecular weight is 711 g/mol. The smallest absolute Gasteiger partial charge is 0.258 e. The van der Waals surface area contributed by atoms with Crippen LogP contribution >= 0.6 is 11.6 Å². The van der Waals surface area contributed by atoms with Gasteiger partial charge in [-0.3, -0.25) is 9.59 Å². The van der Waals surface area contributed by atoms with Gasteiger partial charge < -0.3 is 11.1 Å². The summed E-state index contributed by atoms with van der Waals surface area (Å²) in [5.41, 5.74) is 7.17. The second-order valence-corrected chi connectivity index (χ2v) is 14.0. The fourth-order valence-corrected chi connectivity index (χ4v) is 5.56. The van der Waals surface area contributed by atoms with Crippen LogP contribution in [0.5, 0.6) is 0 Å². The van der Waals surface area contributed by atoms with E-state index in [-0.39, 0.29) is 27.0 Å². The molecule has 250 valence electrons. The van der Waals surface area contributed by atoms with Crippen LogP contribution in [0.3, 0.4) is 0 Å². The number of anilines is 2. The molecular formula is C31H30ClF3N4O6S2. The SMILES string of the molecule is Cc1cc(F)c(C(=O)Cl)c(F)c1.Cc1cc(F)c(C(=O)Nc2cccc(S(N)(=O)=O)c2)c(C2CC2)c1.Nc1cccc(S(N)(=O)=O)c1. The van der Waals surface area contributed by atoms with Crippen LogP contribution in [0.2, 0.25) is 0 Å². The molecule has 0 radical (unpaired) electrons. The lowest BCUT2D eigenvalue weighted by molar-refractivity contribution is 0.102. The molecular weight excluding hydrogens is 681 g/mol. The molecule has 16 heteroatoms. The number of aryl methyl sites for hydroxylation is 2. The number of primary sulfonamides is 2. The Balaban J connectivity index is 0.000000218. The standard InChI is InChI=1S/C17H17FN2O3S.C8H5ClF2O.C6H8N2O2S/c1-10-7-14(11-5-6-11)16(15(18)8-10)17(21)20-12-3-2-4-13(9-12)24(19,22)23;1-4-2-5(10)7(8(9)12)6(11)3-4;7-5-2-1-3-6(4-5)11(8,9)10/h2-4,7-9,11H,5-6H2,1H3,(H,20,21)(H2,19,22,23);2-3H,1H3;1-4H,7H2,(H2,8,9,10). The second kappa shape index (κ2) is 15.1. The summed E-state index contributed by atoms with van der Waals surface area (Å²) in [4.78, 5) is 22.9. The summed E-state index contributed by atoms with van der Waals surface area (Å²) in [7, 11) is -7.48. The van der Waals surface area contributed by atoms with Gasteiger partial charge in [-0.2, -0.15) is 0 Å².